The summed E-state index contributed by atoms with van der Waals surface area (Å²) in [5.74, 6) is 0.248. The summed E-state index contributed by atoms with van der Waals surface area (Å²) in [7, 11) is 0. The number of hydrogen-bond donors (Lipinski definition) is 1. The van der Waals surface area contributed by atoms with Crippen LogP contribution in [0.3, 0.4) is 0 Å². The summed E-state index contributed by atoms with van der Waals surface area (Å²) in [6.45, 7) is 2.26. The number of ether oxygens (including phenoxy) is 2. The minimum atomic E-state index is -0.324. The van der Waals surface area contributed by atoms with Gasteiger partial charge in [-0.2, -0.15) is 0 Å². The van der Waals surface area contributed by atoms with E-state index in [1.54, 1.807) is 37.3 Å². The van der Waals surface area contributed by atoms with Crippen molar-refractivity contribution in [3.05, 3.63) is 59.0 Å². The largest absolute Gasteiger partial charge is 0.508 e. The molecule has 0 aliphatic rings. The lowest BCUT2D eigenvalue weighted by molar-refractivity contribution is -0.143. The summed E-state index contributed by atoms with van der Waals surface area (Å²) in [6.07, 6.45) is 1.51. The molecule has 0 amide bonds. The molecule has 0 bridgehead atoms. The van der Waals surface area contributed by atoms with E-state index in [1.165, 1.54) is 18.4 Å². The maximum atomic E-state index is 12.7. The molecule has 26 heavy (non-hydrogen) atoms. The zero-order valence-corrected chi connectivity index (χ0v) is 14.2. The molecule has 134 valence electrons. The van der Waals surface area contributed by atoms with Crippen molar-refractivity contribution < 1.29 is 23.8 Å². The van der Waals surface area contributed by atoms with E-state index in [-0.39, 0.29) is 30.2 Å². The molecule has 1 aromatic heterocycles. The predicted molar refractivity (Wildman–Crippen MR) is 96.3 cm³/mol. The molecule has 0 radical (unpaired) electrons. The number of carbonyl (C=O) groups is 1. The van der Waals surface area contributed by atoms with Gasteiger partial charge in [0.05, 0.1) is 30.6 Å². The van der Waals surface area contributed by atoms with Gasteiger partial charge in [-0.3, -0.25) is 9.59 Å². The number of aromatic hydroxyl groups is 1. The molecule has 0 saturated carbocycles. The Morgan fingerprint density at radius 3 is 2.81 bits per heavy atom. The number of carbonyl (C=O) groups excluding carboxylic acids is 1. The van der Waals surface area contributed by atoms with Crippen LogP contribution >= 0.6 is 0 Å². The first-order valence-electron chi connectivity index (χ1n) is 8.22. The van der Waals surface area contributed by atoms with Crippen molar-refractivity contribution in [1.29, 1.82) is 0 Å². The highest BCUT2D eigenvalue weighted by molar-refractivity contribution is 5.82. The summed E-state index contributed by atoms with van der Waals surface area (Å²) < 4.78 is 15.9. The summed E-state index contributed by atoms with van der Waals surface area (Å²) >= 11 is 0. The number of fused-ring (bicyclic) bond motifs is 1. The molecule has 1 N–H and O–H groups in total. The van der Waals surface area contributed by atoms with Crippen LogP contribution in [0.4, 0.5) is 0 Å². The Balaban J connectivity index is 1.82. The van der Waals surface area contributed by atoms with Crippen LogP contribution in [0.1, 0.15) is 13.3 Å². The average molecular weight is 354 g/mol. The second-order valence-corrected chi connectivity index (χ2v) is 5.59. The van der Waals surface area contributed by atoms with Crippen LogP contribution in [0.25, 0.3) is 22.1 Å². The summed E-state index contributed by atoms with van der Waals surface area (Å²) in [5.41, 5.74) is 1.13. The molecule has 0 atom stereocenters. The first-order chi connectivity index (χ1) is 12.6. The fourth-order valence-electron chi connectivity index (χ4n) is 2.56. The smallest absolute Gasteiger partial charge is 0.309 e. The van der Waals surface area contributed by atoms with Crippen LogP contribution in [0.5, 0.6) is 11.5 Å². The van der Waals surface area contributed by atoms with E-state index in [2.05, 4.69) is 0 Å². The number of esters is 1. The molecule has 1 heterocycles. The lowest BCUT2D eigenvalue weighted by Crippen LogP contribution is -2.09. The van der Waals surface area contributed by atoms with Crippen molar-refractivity contribution in [3.8, 4) is 22.6 Å². The first-order valence-corrected chi connectivity index (χ1v) is 8.22. The highest BCUT2D eigenvalue weighted by Crippen LogP contribution is 2.25. The summed E-state index contributed by atoms with van der Waals surface area (Å²) in [5, 5.41) is 9.99. The minimum Gasteiger partial charge on any atom is -0.508 e. The Bertz CT molecular complexity index is 989. The fraction of sp³-hybridized carbons (Fsp3) is 0.200. The fourth-order valence-corrected chi connectivity index (χ4v) is 2.56. The highest BCUT2D eigenvalue weighted by atomic mass is 16.5. The second kappa shape index (κ2) is 7.74. The molecule has 3 rings (SSSR count). The maximum absolute atomic E-state index is 12.7. The molecular weight excluding hydrogens is 336 g/mol. The molecule has 3 aromatic rings. The van der Waals surface area contributed by atoms with Gasteiger partial charge in [0.15, 0.2) is 5.43 Å². The van der Waals surface area contributed by atoms with E-state index in [0.29, 0.717) is 34.5 Å². The molecule has 6 nitrogen and oxygen atoms in total. The second-order valence-electron chi connectivity index (χ2n) is 5.59. The Morgan fingerprint density at radius 2 is 2.04 bits per heavy atom. The van der Waals surface area contributed by atoms with Gasteiger partial charge in [-0.05, 0) is 36.8 Å². The third-order valence-electron chi connectivity index (χ3n) is 3.78. The van der Waals surface area contributed by atoms with E-state index < -0.39 is 0 Å². The van der Waals surface area contributed by atoms with Crippen LogP contribution in [0.2, 0.25) is 0 Å². The molecule has 6 heteroatoms. The number of phenols is 1. The van der Waals surface area contributed by atoms with Crippen LogP contribution in [0, 0.1) is 0 Å². The molecule has 0 saturated heterocycles. The van der Waals surface area contributed by atoms with E-state index in [1.807, 2.05) is 0 Å². The molecule has 2 aromatic carbocycles. The molecule has 0 fully saturated rings. The zero-order valence-electron chi connectivity index (χ0n) is 14.2. The van der Waals surface area contributed by atoms with Crippen LogP contribution < -0.4 is 10.2 Å². The third-order valence-corrected chi connectivity index (χ3v) is 3.78. The molecular formula is C20H18O6. The summed E-state index contributed by atoms with van der Waals surface area (Å²) in [6, 6.07) is 11.3. The molecule has 0 aliphatic carbocycles. The van der Waals surface area contributed by atoms with Crippen molar-refractivity contribution in [2.75, 3.05) is 13.2 Å². The van der Waals surface area contributed by atoms with Crippen molar-refractivity contribution in [1.82, 2.24) is 0 Å². The van der Waals surface area contributed by atoms with Gasteiger partial charge in [0.2, 0.25) is 0 Å². The lowest BCUT2D eigenvalue weighted by atomic mass is 10.1. The minimum absolute atomic E-state index is 0.0762. The van der Waals surface area contributed by atoms with Crippen LogP contribution in [0.15, 0.2) is 57.9 Å². The lowest BCUT2D eigenvalue weighted by Gasteiger charge is -2.07. The van der Waals surface area contributed by atoms with E-state index in [4.69, 9.17) is 13.9 Å². The number of rotatable bonds is 6. The van der Waals surface area contributed by atoms with Crippen molar-refractivity contribution in [3.63, 3.8) is 0 Å². The number of benzene rings is 2. The van der Waals surface area contributed by atoms with Crippen molar-refractivity contribution in [2.45, 2.75) is 13.3 Å². The predicted octanol–water partition coefficient (Wildman–Crippen LogP) is 3.50. The van der Waals surface area contributed by atoms with E-state index in [9.17, 15) is 14.7 Å². The molecule has 0 unspecified atom stereocenters. The van der Waals surface area contributed by atoms with Gasteiger partial charge in [0, 0.05) is 6.07 Å². The Labute approximate surface area is 149 Å². The van der Waals surface area contributed by atoms with Crippen LogP contribution in [-0.2, 0) is 9.53 Å². The van der Waals surface area contributed by atoms with Crippen molar-refractivity contribution in [2.24, 2.45) is 0 Å². The van der Waals surface area contributed by atoms with Gasteiger partial charge in [0.25, 0.3) is 0 Å². The normalized spacial score (nSPS) is 10.7. The van der Waals surface area contributed by atoms with E-state index >= 15 is 0 Å². The Kier molecular flexibility index (Phi) is 5.22. The van der Waals surface area contributed by atoms with E-state index in [0.717, 1.165) is 0 Å². The third kappa shape index (κ3) is 3.85. The quantitative estimate of drug-likeness (QED) is 0.682. The van der Waals surface area contributed by atoms with Gasteiger partial charge < -0.3 is 19.0 Å². The standard InChI is InChI=1S/C20H18O6/c1-2-24-19(22)8-9-25-15-6-7-16-18(11-15)26-12-17(20(16)23)13-4-3-5-14(21)10-13/h3-7,10-12,21H,2,8-9H2,1H3. The van der Waals surface area contributed by atoms with Gasteiger partial charge in [-0.15, -0.1) is 0 Å². The monoisotopic (exact) mass is 354 g/mol. The Hall–Kier alpha value is -3.28. The molecule has 0 aliphatic heterocycles. The van der Waals surface area contributed by atoms with Crippen LogP contribution in [-0.4, -0.2) is 24.3 Å². The van der Waals surface area contributed by atoms with Gasteiger partial charge in [-0.25, -0.2) is 0 Å². The van der Waals surface area contributed by atoms with Crippen molar-refractivity contribution >= 4 is 16.9 Å². The zero-order chi connectivity index (χ0) is 18.5. The first kappa shape index (κ1) is 17.5. The summed E-state index contributed by atoms with van der Waals surface area (Å²) in [4.78, 5) is 24.0. The van der Waals surface area contributed by atoms with Gasteiger partial charge in [-0.1, -0.05) is 12.1 Å². The molecule has 0 spiro atoms. The van der Waals surface area contributed by atoms with Gasteiger partial charge in [0.1, 0.15) is 23.3 Å². The number of hydrogen-bond acceptors (Lipinski definition) is 6. The average Bonchev–Trinajstić information content (AvgIpc) is 2.62. The van der Waals surface area contributed by atoms with Gasteiger partial charge >= 0.3 is 5.97 Å². The number of phenolic OH excluding ortho intramolecular Hbond substituents is 1. The maximum Gasteiger partial charge on any atom is 0.309 e. The SMILES string of the molecule is CCOC(=O)CCOc1ccc2c(=O)c(-c3cccc(O)c3)coc2c1. The Morgan fingerprint density at radius 1 is 1.19 bits per heavy atom. The highest BCUT2D eigenvalue weighted by Gasteiger charge is 2.11. The topological polar surface area (TPSA) is 86.0 Å².